The maximum atomic E-state index is 13.0. The molecule has 0 bridgehead atoms. The Labute approximate surface area is 180 Å². The Balaban J connectivity index is 1.36. The normalized spacial score (nSPS) is 21.2. The molecule has 1 unspecified atom stereocenters. The fraction of sp³-hybridized carbons (Fsp3) is 0.364. The van der Waals surface area contributed by atoms with Crippen LogP contribution in [0.3, 0.4) is 0 Å². The number of nitrogens with zero attached hydrogens (tertiary/aromatic N) is 4. The van der Waals surface area contributed by atoms with Gasteiger partial charge in [-0.3, -0.25) is 9.78 Å². The first-order chi connectivity index (χ1) is 14.9. The van der Waals surface area contributed by atoms with Gasteiger partial charge >= 0.3 is 0 Å². The Morgan fingerprint density at radius 1 is 1.19 bits per heavy atom. The number of amides is 1. The SMILES string of the molecule is Cc1ccccc1CC(=O)N1CC2(C1)C(c1nc(-c3ccncc3)no1)CCS2(=O)=O. The number of carbonyl (C=O) groups excluding carboxylic acids is 1. The minimum absolute atomic E-state index is 0.0600. The number of hydrogen-bond donors (Lipinski definition) is 0. The van der Waals surface area contributed by atoms with Gasteiger partial charge in [0.2, 0.25) is 17.6 Å². The third kappa shape index (κ3) is 3.23. The van der Waals surface area contributed by atoms with Gasteiger partial charge in [-0.15, -0.1) is 0 Å². The average molecular weight is 439 g/mol. The van der Waals surface area contributed by atoms with Crippen molar-refractivity contribution >= 4 is 15.7 Å². The summed E-state index contributed by atoms with van der Waals surface area (Å²) in [5.74, 6) is 0.305. The van der Waals surface area contributed by atoms with Gasteiger partial charge in [-0.25, -0.2) is 8.42 Å². The number of benzene rings is 1. The van der Waals surface area contributed by atoms with E-state index in [-0.39, 0.29) is 31.2 Å². The lowest BCUT2D eigenvalue weighted by Crippen LogP contribution is -2.67. The molecule has 2 fully saturated rings. The van der Waals surface area contributed by atoms with Crippen LogP contribution < -0.4 is 0 Å². The van der Waals surface area contributed by atoms with Crippen molar-refractivity contribution in [3.8, 4) is 11.4 Å². The van der Waals surface area contributed by atoms with E-state index in [0.29, 0.717) is 18.1 Å². The predicted molar refractivity (Wildman–Crippen MR) is 113 cm³/mol. The molecule has 2 aliphatic heterocycles. The summed E-state index contributed by atoms with van der Waals surface area (Å²) in [6.07, 6.45) is 3.95. The van der Waals surface area contributed by atoms with Crippen molar-refractivity contribution in [1.82, 2.24) is 20.0 Å². The van der Waals surface area contributed by atoms with Crippen molar-refractivity contribution in [2.45, 2.75) is 30.4 Å². The third-order valence-electron chi connectivity index (χ3n) is 6.48. The molecular formula is C22H22N4O4S. The molecule has 31 heavy (non-hydrogen) atoms. The zero-order valence-corrected chi connectivity index (χ0v) is 17.9. The van der Waals surface area contributed by atoms with Crippen molar-refractivity contribution in [2.24, 2.45) is 0 Å². The van der Waals surface area contributed by atoms with E-state index in [0.717, 1.165) is 16.7 Å². The van der Waals surface area contributed by atoms with Gasteiger partial charge in [0.15, 0.2) is 9.84 Å². The van der Waals surface area contributed by atoms with Crippen LogP contribution in [0.4, 0.5) is 0 Å². The second-order valence-corrected chi connectivity index (χ2v) is 10.7. The summed E-state index contributed by atoms with van der Waals surface area (Å²) >= 11 is 0. The van der Waals surface area contributed by atoms with Crippen LogP contribution in [0.25, 0.3) is 11.4 Å². The average Bonchev–Trinajstić information content (AvgIpc) is 3.31. The molecule has 2 saturated heterocycles. The summed E-state index contributed by atoms with van der Waals surface area (Å²) in [4.78, 5) is 22.9. The Hall–Kier alpha value is -3.07. The summed E-state index contributed by atoms with van der Waals surface area (Å²) in [5, 5.41) is 4.03. The van der Waals surface area contributed by atoms with Crippen molar-refractivity contribution < 1.29 is 17.7 Å². The molecule has 5 rings (SSSR count). The van der Waals surface area contributed by atoms with E-state index in [2.05, 4.69) is 15.1 Å². The first kappa shape index (κ1) is 19.9. The summed E-state index contributed by atoms with van der Waals surface area (Å²) < 4.78 is 30.4. The zero-order chi connectivity index (χ0) is 21.6. The maximum Gasteiger partial charge on any atom is 0.231 e. The lowest BCUT2D eigenvalue weighted by molar-refractivity contribution is -0.136. The lowest BCUT2D eigenvalue weighted by atomic mass is 9.82. The first-order valence-corrected chi connectivity index (χ1v) is 11.8. The molecular weight excluding hydrogens is 416 g/mol. The highest BCUT2D eigenvalue weighted by atomic mass is 32.2. The highest BCUT2D eigenvalue weighted by molar-refractivity contribution is 7.93. The molecule has 1 spiro atoms. The van der Waals surface area contributed by atoms with Crippen LogP contribution in [0.15, 0.2) is 53.3 Å². The zero-order valence-electron chi connectivity index (χ0n) is 17.1. The molecule has 8 nitrogen and oxygen atoms in total. The number of hydrogen-bond acceptors (Lipinski definition) is 7. The third-order valence-corrected chi connectivity index (χ3v) is 9.04. The molecule has 0 N–H and O–H groups in total. The molecule has 2 aromatic heterocycles. The largest absolute Gasteiger partial charge is 0.339 e. The van der Waals surface area contributed by atoms with Crippen LogP contribution in [-0.2, 0) is 21.1 Å². The van der Waals surface area contributed by atoms with Gasteiger partial charge < -0.3 is 9.42 Å². The second-order valence-electron chi connectivity index (χ2n) is 8.27. The molecule has 0 radical (unpaired) electrons. The maximum absolute atomic E-state index is 13.0. The van der Waals surface area contributed by atoms with Crippen molar-refractivity contribution in [3.05, 3.63) is 65.8 Å². The molecule has 160 valence electrons. The van der Waals surface area contributed by atoms with E-state index in [1.807, 2.05) is 31.2 Å². The highest BCUT2D eigenvalue weighted by Crippen LogP contribution is 2.49. The van der Waals surface area contributed by atoms with Crippen LogP contribution in [0, 0.1) is 6.92 Å². The summed E-state index contributed by atoms with van der Waals surface area (Å²) in [6, 6.07) is 11.3. The minimum atomic E-state index is -3.38. The molecule has 4 heterocycles. The Morgan fingerprint density at radius 3 is 2.68 bits per heavy atom. The smallest absolute Gasteiger partial charge is 0.231 e. The number of pyridine rings is 1. The van der Waals surface area contributed by atoms with E-state index in [4.69, 9.17) is 4.52 Å². The van der Waals surface area contributed by atoms with Crippen LogP contribution in [0.5, 0.6) is 0 Å². The fourth-order valence-electron chi connectivity index (χ4n) is 4.58. The molecule has 9 heteroatoms. The summed E-state index contributed by atoms with van der Waals surface area (Å²) in [6.45, 7) is 2.29. The Bertz CT molecular complexity index is 1230. The van der Waals surface area contributed by atoms with Gasteiger partial charge in [-0.05, 0) is 36.6 Å². The number of sulfone groups is 1. The van der Waals surface area contributed by atoms with Crippen LogP contribution in [-0.4, -0.2) is 57.9 Å². The van der Waals surface area contributed by atoms with E-state index < -0.39 is 20.5 Å². The monoisotopic (exact) mass is 438 g/mol. The Morgan fingerprint density at radius 2 is 1.94 bits per heavy atom. The van der Waals surface area contributed by atoms with Gasteiger partial charge in [0, 0.05) is 31.0 Å². The molecule has 1 aromatic carbocycles. The number of carbonyl (C=O) groups is 1. The van der Waals surface area contributed by atoms with E-state index in [9.17, 15) is 13.2 Å². The van der Waals surface area contributed by atoms with Gasteiger partial charge in [0.05, 0.1) is 18.1 Å². The van der Waals surface area contributed by atoms with Crippen LogP contribution in [0.1, 0.15) is 29.4 Å². The van der Waals surface area contributed by atoms with Crippen molar-refractivity contribution in [1.29, 1.82) is 0 Å². The molecule has 1 amide bonds. The second kappa shape index (κ2) is 7.26. The summed E-state index contributed by atoms with van der Waals surface area (Å²) in [5.41, 5.74) is 2.76. The van der Waals surface area contributed by atoms with Gasteiger partial charge in [-0.2, -0.15) is 4.98 Å². The number of aryl methyl sites for hydroxylation is 1. The Kier molecular flexibility index (Phi) is 4.65. The van der Waals surface area contributed by atoms with Crippen LogP contribution >= 0.6 is 0 Å². The van der Waals surface area contributed by atoms with Crippen molar-refractivity contribution in [3.63, 3.8) is 0 Å². The van der Waals surface area contributed by atoms with Gasteiger partial charge in [0.1, 0.15) is 4.75 Å². The van der Waals surface area contributed by atoms with Gasteiger partial charge in [0.25, 0.3) is 0 Å². The number of likely N-dealkylation sites (tertiary alicyclic amines) is 1. The number of rotatable bonds is 4. The van der Waals surface area contributed by atoms with E-state index >= 15 is 0 Å². The molecule has 0 aliphatic carbocycles. The number of aromatic nitrogens is 3. The highest BCUT2D eigenvalue weighted by Gasteiger charge is 2.64. The topological polar surface area (TPSA) is 106 Å². The fourth-order valence-corrected chi connectivity index (χ4v) is 6.89. The van der Waals surface area contributed by atoms with Crippen molar-refractivity contribution in [2.75, 3.05) is 18.8 Å². The molecule has 0 saturated carbocycles. The van der Waals surface area contributed by atoms with Gasteiger partial charge in [-0.1, -0.05) is 29.4 Å². The predicted octanol–water partition coefficient (Wildman–Crippen LogP) is 2.17. The quantitative estimate of drug-likeness (QED) is 0.614. The van der Waals surface area contributed by atoms with E-state index in [1.165, 1.54) is 0 Å². The van der Waals surface area contributed by atoms with E-state index in [1.54, 1.807) is 29.4 Å². The summed E-state index contributed by atoms with van der Waals surface area (Å²) in [7, 11) is -3.38. The molecule has 1 atom stereocenters. The van der Waals surface area contributed by atoms with Crippen LogP contribution in [0.2, 0.25) is 0 Å². The molecule has 2 aliphatic rings. The standard InChI is InChI=1S/C22H22N4O4S/c1-15-4-2-3-5-17(15)12-19(27)26-13-22(14-26)18(8-11-31(22,28)29)21-24-20(25-30-21)16-6-9-23-10-7-16/h2-7,9-10,18H,8,11-14H2,1H3. The first-order valence-electron chi connectivity index (χ1n) is 10.2. The minimum Gasteiger partial charge on any atom is -0.339 e. The lowest BCUT2D eigenvalue weighted by Gasteiger charge is -2.49. The molecule has 3 aromatic rings.